The van der Waals surface area contributed by atoms with Gasteiger partial charge in [-0.2, -0.15) is 13.2 Å². The van der Waals surface area contributed by atoms with Crippen LogP contribution in [0.2, 0.25) is 0 Å². The summed E-state index contributed by atoms with van der Waals surface area (Å²) < 4.78 is 37.8. The molecule has 13 heavy (non-hydrogen) atoms. The van der Waals surface area contributed by atoms with Gasteiger partial charge in [-0.1, -0.05) is 0 Å². The Kier molecular flexibility index (Phi) is 2.13. The average Bonchev–Trinajstić information content (AvgIpc) is 2.28. The third kappa shape index (κ3) is 2.23. The topological polar surface area (TPSA) is 17.8 Å². The molecule has 0 N–H and O–H groups in total. The van der Waals surface area contributed by atoms with Crippen molar-refractivity contribution in [3.63, 3.8) is 0 Å². The molecule has 0 aliphatic carbocycles. The first-order chi connectivity index (χ1) is 5.71. The maximum absolute atomic E-state index is 12.1. The Balaban J connectivity index is 3.01. The average molecular weight is 192 g/mol. The highest BCUT2D eigenvalue weighted by atomic mass is 19.4. The largest absolute Gasteiger partial charge is 0.434 e. The van der Waals surface area contributed by atoms with E-state index in [4.69, 9.17) is 0 Å². The molecule has 74 valence electrons. The van der Waals surface area contributed by atoms with Crippen LogP contribution >= 0.6 is 0 Å². The van der Waals surface area contributed by atoms with Crippen LogP contribution in [0.5, 0.6) is 0 Å². The fourth-order valence-electron chi connectivity index (χ4n) is 0.836. The third-order valence-electron chi connectivity index (χ3n) is 1.65. The molecule has 0 saturated heterocycles. The molecule has 0 aliphatic rings. The minimum absolute atomic E-state index is 0.365. The molecule has 0 atom stereocenters. The van der Waals surface area contributed by atoms with Gasteiger partial charge in [0.25, 0.3) is 0 Å². The van der Waals surface area contributed by atoms with E-state index in [1.54, 1.807) is 0 Å². The van der Waals surface area contributed by atoms with Gasteiger partial charge < -0.3 is 4.57 Å². The highest BCUT2D eigenvalue weighted by Gasteiger charge is 2.34. The molecule has 0 bridgehead atoms. The number of imidazole rings is 1. The summed E-state index contributed by atoms with van der Waals surface area (Å²) >= 11 is 0. The van der Waals surface area contributed by atoms with Crippen molar-refractivity contribution in [1.29, 1.82) is 0 Å². The second kappa shape index (κ2) is 2.75. The molecule has 1 heterocycles. The Labute approximate surface area is 74.4 Å². The van der Waals surface area contributed by atoms with Crippen molar-refractivity contribution in [2.24, 2.45) is 0 Å². The quantitative estimate of drug-likeness (QED) is 0.617. The normalized spacial score (nSPS) is 13.4. The second-order valence-electron chi connectivity index (χ2n) is 3.83. The summed E-state index contributed by atoms with van der Waals surface area (Å²) in [5, 5.41) is 0. The van der Waals surface area contributed by atoms with Crippen LogP contribution in [0.25, 0.3) is 0 Å². The van der Waals surface area contributed by atoms with Crippen molar-refractivity contribution >= 4 is 0 Å². The third-order valence-corrected chi connectivity index (χ3v) is 1.65. The number of nitrogens with zero attached hydrogens (tertiary/aromatic N) is 2. The molecular weight excluding hydrogens is 181 g/mol. The van der Waals surface area contributed by atoms with Gasteiger partial charge in [0.1, 0.15) is 0 Å². The highest BCUT2D eigenvalue weighted by Crippen LogP contribution is 2.28. The van der Waals surface area contributed by atoms with Gasteiger partial charge in [0.05, 0.1) is 6.33 Å². The monoisotopic (exact) mass is 192 g/mol. The summed E-state index contributed by atoms with van der Waals surface area (Å²) in [5.41, 5.74) is -1.21. The van der Waals surface area contributed by atoms with Crippen LogP contribution in [0, 0.1) is 0 Å². The van der Waals surface area contributed by atoms with Crippen molar-refractivity contribution in [2.75, 3.05) is 0 Å². The summed E-state index contributed by atoms with van der Waals surface area (Å²) in [5.74, 6) is 0. The van der Waals surface area contributed by atoms with Crippen LogP contribution in [-0.2, 0) is 11.7 Å². The summed E-state index contributed by atoms with van der Waals surface area (Å²) in [4.78, 5) is 3.29. The molecule has 2 nitrogen and oxygen atoms in total. The van der Waals surface area contributed by atoms with Crippen molar-refractivity contribution < 1.29 is 13.2 Å². The van der Waals surface area contributed by atoms with E-state index in [0.717, 1.165) is 6.20 Å². The van der Waals surface area contributed by atoms with Crippen LogP contribution in [0.4, 0.5) is 13.2 Å². The SMILES string of the molecule is CC(C)(C)n1cnc(C(F)(F)F)c1. The Bertz CT molecular complexity index is 265. The van der Waals surface area contributed by atoms with Gasteiger partial charge in [-0.3, -0.25) is 0 Å². The van der Waals surface area contributed by atoms with Gasteiger partial charge in [0.2, 0.25) is 0 Å². The van der Waals surface area contributed by atoms with Crippen LogP contribution < -0.4 is 0 Å². The maximum atomic E-state index is 12.1. The molecule has 0 fully saturated rings. The number of aromatic nitrogens is 2. The predicted molar refractivity (Wildman–Crippen MR) is 42.2 cm³/mol. The zero-order valence-corrected chi connectivity index (χ0v) is 7.68. The van der Waals surface area contributed by atoms with Gasteiger partial charge in [-0.15, -0.1) is 0 Å². The van der Waals surface area contributed by atoms with Gasteiger partial charge in [-0.25, -0.2) is 4.98 Å². The lowest BCUT2D eigenvalue weighted by molar-refractivity contribution is -0.141. The number of alkyl halides is 3. The Morgan fingerprint density at radius 3 is 2.00 bits per heavy atom. The predicted octanol–water partition coefficient (Wildman–Crippen LogP) is 2.66. The molecule has 1 aromatic heterocycles. The molecule has 0 saturated carbocycles. The van der Waals surface area contributed by atoms with Crippen molar-refractivity contribution in [1.82, 2.24) is 9.55 Å². The Morgan fingerprint density at radius 2 is 1.77 bits per heavy atom. The van der Waals surface area contributed by atoms with E-state index < -0.39 is 11.9 Å². The lowest BCUT2D eigenvalue weighted by Gasteiger charge is -2.19. The molecule has 0 spiro atoms. The zero-order valence-electron chi connectivity index (χ0n) is 7.68. The summed E-state index contributed by atoms with van der Waals surface area (Å²) in [7, 11) is 0. The molecule has 0 amide bonds. The van der Waals surface area contributed by atoms with E-state index in [-0.39, 0.29) is 5.54 Å². The minimum Gasteiger partial charge on any atom is -0.332 e. The van der Waals surface area contributed by atoms with Crippen molar-refractivity contribution in [3.05, 3.63) is 18.2 Å². The number of rotatable bonds is 0. The van der Waals surface area contributed by atoms with Crippen LogP contribution in [0.3, 0.4) is 0 Å². The zero-order chi connectivity index (χ0) is 10.3. The highest BCUT2D eigenvalue weighted by molar-refractivity contribution is 5.03. The lowest BCUT2D eigenvalue weighted by Crippen LogP contribution is -2.19. The first-order valence-electron chi connectivity index (χ1n) is 3.83. The number of hydrogen-bond donors (Lipinski definition) is 0. The minimum atomic E-state index is -4.35. The first-order valence-corrected chi connectivity index (χ1v) is 3.83. The standard InChI is InChI=1S/C8H11F3N2/c1-7(2,3)13-4-6(12-5-13)8(9,10)11/h4-5H,1-3H3. The molecule has 5 heteroatoms. The van der Waals surface area contributed by atoms with Crippen LogP contribution in [0.1, 0.15) is 26.5 Å². The lowest BCUT2D eigenvalue weighted by atomic mass is 10.1. The Hall–Kier alpha value is -1.00. The van der Waals surface area contributed by atoms with E-state index >= 15 is 0 Å². The second-order valence-corrected chi connectivity index (χ2v) is 3.83. The van der Waals surface area contributed by atoms with E-state index in [2.05, 4.69) is 4.98 Å². The fraction of sp³-hybridized carbons (Fsp3) is 0.625. The number of hydrogen-bond acceptors (Lipinski definition) is 1. The van der Waals surface area contributed by atoms with Crippen LogP contribution in [-0.4, -0.2) is 9.55 Å². The molecule has 1 rings (SSSR count). The van der Waals surface area contributed by atoms with Crippen LogP contribution in [0.15, 0.2) is 12.5 Å². The first kappa shape index (κ1) is 10.1. The fourth-order valence-corrected chi connectivity index (χ4v) is 0.836. The summed E-state index contributed by atoms with van der Waals surface area (Å²) in [6, 6.07) is 0. The number of halogens is 3. The van der Waals surface area contributed by atoms with Gasteiger partial charge in [0.15, 0.2) is 5.69 Å². The van der Waals surface area contributed by atoms with E-state index in [1.807, 2.05) is 20.8 Å². The molecule has 0 aromatic carbocycles. The smallest absolute Gasteiger partial charge is 0.332 e. The van der Waals surface area contributed by atoms with E-state index in [0.29, 0.717) is 0 Å². The van der Waals surface area contributed by atoms with E-state index in [9.17, 15) is 13.2 Å². The van der Waals surface area contributed by atoms with Crippen molar-refractivity contribution in [3.8, 4) is 0 Å². The molecule has 1 aromatic rings. The van der Waals surface area contributed by atoms with Gasteiger partial charge >= 0.3 is 6.18 Å². The molecular formula is C8H11F3N2. The summed E-state index contributed by atoms with van der Waals surface area (Å²) in [6.07, 6.45) is -2.14. The van der Waals surface area contributed by atoms with Crippen molar-refractivity contribution in [2.45, 2.75) is 32.5 Å². The molecule has 0 unspecified atom stereocenters. The molecule has 0 aliphatic heterocycles. The van der Waals surface area contributed by atoms with Gasteiger partial charge in [-0.05, 0) is 20.8 Å². The Morgan fingerprint density at radius 1 is 1.23 bits per heavy atom. The van der Waals surface area contributed by atoms with Gasteiger partial charge in [0, 0.05) is 11.7 Å². The molecule has 0 radical (unpaired) electrons. The maximum Gasteiger partial charge on any atom is 0.434 e. The summed E-state index contributed by atoms with van der Waals surface area (Å²) in [6.45, 7) is 5.44. The van der Waals surface area contributed by atoms with E-state index in [1.165, 1.54) is 10.9 Å².